The van der Waals surface area contributed by atoms with E-state index in [-0.39, 0.29) is 0 Å². The molecule has 0 heterocycles. The molecule has 2 saturated carbocycles. The summed E-state index contributed by atoms with van der Waals surface area (Å²) in [5.41, 5.74) is 0.717. The Morgan fingerprint density at radius 2 is 1.86 bits per heavy atom. The van der Waals surface area contributed by atoms with E-state index in [1.165, 1.54) is 44.9 Å². The van der Waals surface area contributed by atoms with Gasteiger partial charge in [0.2, 0.25) is 0 Å². The first-order valence-corrected chi connectivity index (χ1v) is 12.8. The molecule has 0 amide bonds. The maximum atomic E-state index is 12.6. The van der Waals surface area contributed by atoms with Gasteiger partial charge in [0.25, 0.3) is 0 Å². The number of fused-ring (bicyclic) bond motifs is 1. The fourth-order valence-corrected chi connectivity index (χ4v) is 7.54. The van der Waals surface area contributed by atoms with E-state index < -0.39 is 0 Å². The Kier molecular flexibility index (Phi) is 9.26. The number of rotatable bonds is 11. The molecule has 0 aromatic rings. The Morgan fingerprint density at radius 1 is 1.14 bits per heavy atom. The largest absolute Gasteiger partial charge is 0.384 e. The minimum Gasteiger partial charge on any atom is -0.384 e. The normalized spacial score (nSPS) is 36.1. The Balaban J connectivity index is 2.19. The second kappa shape index (κ2) is 10.8. The quantitative estimate of drug-likeness (QED) is 0.351. The van der Waals surface area contributed by atoms with Crippen molar-refractivity contribution in [2.24, 2.45) is 40.4 Å². The van der Waals surface area contributed by atoms with Crippen LogP contribution in [0.25, 0.3) is 0 Å². The first-order chi connectivity index (χ1) is 13.7. The summed E-state index contributed by atoms with van der Waals surface area (Å²) in [6, 6.07) is 0. The van der Waals surface area contributed by atoms with Crippen LogP contribution in [0.15, 0.2) is 0 Å². The first kappa shape index (κ1) is 24.9. The number of methoxy groups -OCH3 is 1. The van der Waals surface area contributed by atoms with E-state index >= 15 is 0 Å². The van der Waals surface area contributed by atoms with E-state index in [2.05, 4.69) is 34.6 Å². The van der Waals surface area contributed by atoms with Crippen molar-refractivity contribution >= 4 is 5.78 Å². The van der Waals surface area contributed by atoms with E-state index in [1.807, 2.05) is 14.0 Å². The van der Waals surface area contributed by atoms with E-state index in [0.29, 0.717) is 29.0 Å². The zero-order chi connectivity index (χ0) is 21.7. The Labute approximate surface area is 181 Å². The Hall–Kier alpha value is -0.370. The van der Waals surface area contributed by atoms with Gasteiger partial charge < -0.3 is 4.74 Å². The minimum atomic E-state index is 0.290. The average molecular weight is 407 g/mol. The van der Waals surface area contributed by atoms with Gasteiger partial charge in [-0.1, -0.05) is 48.0 Å². The molecule has 0 radical (unpaired) electrons. The molecule has 2 aliphatic rings. The number of ketones is 1. The molecule has 2 rings (SSSR count). The second-order valence-corrected chi connectivity index (χ2v) is 11.4. The fraction of sp³-hybridized carbons (Fsp3) is 0.963. The van der Waals surface area contributed by atoms with Crippen molar-refractivity contribution in [2.45, 2.75) is 112 Å². The van der Waals surface area contributed by atoms with Gasteiger partial charge in [-0.3, -0.25) is 4.79 Å². The van der Waals surface area contributed by atoms with Crippen molar-refractivity contribution in [2.75, 3.05) is 13.7 Å². The van der Waals surface area contributed by atoms with Crippen molar-refractivity contribution in [3.05, 3.63) is 0 Å². The lowest BCUT2D eigenvalue weighted by molar-refractivity contribution is -0.127. The van der Waals surface area contributed by atoms with Gasteiger partial charge in [-0.05, 0) is 92.3 Å². The summed E-state index contributed by atoms with van der Waals surface area (Å²) in [6.07, 6.45) is 13.4. The standard InChI is InChI=1S/C27H50O2/c1-8-11-22(25(28)9-2)18-26(6)15-14-24-21(17-26)12-13-23(16-20(4)5)27(24,10-3)19-29-7/h20-24H,8-19H2,1-7H3. The predicted octanol–water partition coefficient (Wildman–Crippen LogP) is 7.69. The van der Waals surface area contributed by atoms with Gasteiger partial charge in [-0.15, -0.1) is 0 Å². The Bertz CT molecular complexity index is 513. The fourth-order valence-electron chi connectivity index (χ4n) is 7.54. The van der Waals surface area contributed by atoms with Crippen molar-refractivity contribution in [1.82, 2.24) is 0 Å². The highest BCUT2D eigenvalue weighted by molar-refractivity contribution is 5.80. The third-order valence-corrected chi connectivity index (χ3v) is 8.83. The number of hydrogen-bond acceptors (Lipinski definition) is 2. The molecule has 2 nitrogen and oxygen atoms in total. The van der Waals surface area contributed by atoms with E-state index in [9.17, 15) is 4.79 Å². The van der Waals surface area contributed by atoms with Crippen LogP contribution in [0.5, 0.6) is 0 Å². The lowest BCUT2D eigenvalue weighted by Gasteiger charge is -2.58. The average Bonchev–Trinajstić information content (AvgIpc) is 2.68. The molecular formula is C27H50O2. The molecule has 29 heavy (non-hydrogen) atoms. The lowest BCUT2D eigenvalue weighted by atomic mass is 9.48. The molecule has 2 fully saturated rings. The van der Waals surface area contributed by atoms with Gasteiger partial charge >= 0.3 is 0 Å². The number of carbonyl (C=O) groups is 1. The smallest absolute Gasteiger partial charge is 0.135 e. The molecule has 2 heteroatoms. The molecule has 0 N–H and O–H groups in total. The van der Waals surface area contributed by atoms with Crippen LogP contribution in [-0.4, -0.2) is 19.5 Å². The van der Waals surface area contributed by atoms with Crippen LogP contribution < -0.4 is 0 Å². The van der Waals surface area contributed by atoms with Crippen LogP contribution in [-0.2, 0) is 9.53 Å². The molecule has 170 valence electrons. The van der Waals surface area contributed by atoms with Gasteiger partial charge in [0.05, 0.1) is 6.61 Å². The van der Waals surface area contributed by atoms with Gasteiger partial charge in [-0.25, -0.2) is 0 Å². The van der Waals surface area contributed by atoms with E-state index in [1.54, 1.807) is 0 Å². The summed E-state index contributed by atoms with van der Waals surface area (Å²) in [4.78, 5) is 12.6. The number of Topliss-reactive ketones (excluding diaryl/α,β-unsaturated/α-hetero) is 1. The number of ether oxygens (including phenoxy) is 1. The molecular weight excluding hydrogens is 356 g/mol. The van der Waals surface area contributed by atoms with Gasteiger partial charge in [0.15, 0.2) is 0 Å². The summed E-state index contributed by atoms with van der Waals surface area (Å²) in [7, 11) is 1.91. The first-order valence-electron chi connectivity index (χ1n) is 12.8. The maximum Gasteiger partial charge on any atom is 0.135 e. The third-order valence-electron chi connectivity index (χ3n) is 8.83. The highest BCUT2D eigenvalue weighted by atomic mass is 16.5. The van der Waals surface area contributed by atoms with Crippen LogP contribution in [0.4, 0.5) is 0 Å². The SMILES string of the molecule is CCCC(CC1(C)CCC2C(CCC(CC(C)C)C2(CC)COC)C1)C(=O)CC. The summed E-state index contributed by atoms with van der Waals surface area (Å²) in [5.74, 6) is 4.00. The van der Waals surface area contributed by atoms with Crippen molar-refractivity contribution in [1.29, 1.82) is 0 Å². The van der Waals surface area contributed by atoms with Gasteiger partial charge in [-0.2, -0.15) is 0 Å². The summed E-state index contributed by atoms with van der Waals surface area (Å²) >= 11 is 0. The molecule has 6 atom stereocenters. The molecule has 0 bridgehead atoms. The van der Waals surface area contributed by atoms with Crippen molar-refractivity contribution < 1.29 is 9.53 Å². The summed E-state index contributed by atoms with van der Waals surface area (Å²) < 4.78 is 5.89. The van der Waals surface area contributed by atoms with Gasteiger partial charge in [0.1, 0.15) is 5.78 Å². The lowest BCUT2D eigenvalue weighted by Crippen LogP contribution is -2.52. The van der Waals surface area contributed by atoms with E-state index in [0.717, 1.165) is 49.5 Å². The zero-order valence-corrected chi connectivity index (χ0v) is 20.7. The maximum absolute atomic E-state index is 12.6. The predicted molar refractivity (Wildman–Crippen MR) is 124 cm³/mol. The zero-order valence-electron chi connectivity index (χ0n) is 20.7. The van der Waals surface area contributed by atoms with E-state index in [4.69, 9.17) is 4.74 Å². The second-order valence-electron chi connectivity index (χ2n) is 11.4. The highest BCUT2D eigenvalue weighted by Gasteiger charge is 2.53. The molecule has 6 unspecified atom stereocenters. The van der Waals surface area contributed by atoms with Gasteiger partial charge in [0, 0.05) is 19.4 Å². The Morgan fingerprint density at radius 3 is 2.41 bits per heavy atom. The monoisotopic (exact) mass is 406 g/mol. The topological polar surface area (TPSA) is 26.3 Å². The summed E-state index contributed by atoms with van der Waals surface area (Å²) in [6.45, 7) is 14.9. The third kappa shape index (κ3) is 5.66. The van der Waals surface area contributed by atoms with Crippen LogP contribution in [0, 0.1) is 40.4 Å². The van der Waals surface area contributed by atoms with Crippen LogP contribution in [0.2, 0.25) is 0 Å². The molecule has 0 saturated heterocycles. The number of carbonyl (C=O) groups excluding carboxylic acids is 1. The summed E-state index contributed by atoms with van der Waals surface area (Å²) in [5, 5.41) is 0. The molecule has 0 aliphatic heterocycles. The molecule has 0 aromatic heterocycles. The molecule has 0 aromatic carbocycles. The highest BCUT2D eigenvalue weighted by Crippen LogP contribution is 2.60. The van der Waals surface area contributed by atoms with Crippen LogP contribution in [0.3, 0.4) is 0 Å². The van der Waals surface area contributed by atoms with Crippen molar-refractivity contribution in [3.63, 3.8) is 0 Å². The molecule has 2 aliphatic carbocycles. The molecule has 0 spiro atoms. The number of hydrogen-bond donors (Lipinski definition) is 0. The van der Waals surface area contributed by atoms with Crippen LogP contribution >= 0.6 is 0 Å². The van der Waals surface area contributed by atoms with Crippen molar-refractivity contribution in [3.8, 4) is 0 Å². The minimum absolute atomic E-state index is 0.290. The van der Waals surface area contributed by atoms with Crippen LogP contribution in [0.1, 0.15) is 112 Å².